The van der Waals surface area contributed by atoms with Crippen LogP contribution in [0.2, 0.25) is 0 Å². The number of hydrogen-bond donors (Lipinski definition) is 2. The quantitative estimate of drug-likeness (QED) is 0.561. The molecule has 90 valence electrons. The van der Waals surface area contributed by atoms with Crippen LogP contribution in [0.15, 0.2) is 12.2 Å². The number of rotatable bonds is 5. The molecule has 5 heteroatoms. The second-order valence-corrected chi connectivity index (χ2v) is 4.76. The second-order valence-electron chi connectivity index (χ2n) is 3.78. The molecule has 0 saturated carbocycles. The Hall–Kier alpha value is -0.970. The molecule has 0 fully saturated rings. The average Bonchev–Trinajstić information content (AvgIpc) is 2.29. The number of allylic oxidation sites excluding steroid dienone is 2. The van der Waals surface area contributed by atoms with Crippen LogP contribution in [0.5, 0.6) is 0 Å². The van der Waals surface area contributed by atoms with Crippen LogP contribution >= 0.6 is 11.8 Å². The molecule has 2 N–H and O–H groups in total. The van der Waals surface area contributed by atoms with E-state index in [0.717, 1.165) is 5.75 Å². The molecule has 0 spiro atoms. The van der Waals surface area contributed by atoms with E-state index < -0.39 is 17.8 Å². The largest absolute Gasteiger partial charge is 0.481 e. The number of thioether (sulfide) groups is 1. The Morgan fingerprint density at radius 1 is 1.38 bits per heavy atom. The van der Waals surface area contributed by atoms with Crippen LogP contribution in [0.25, 0.3) is 0 Å². The minimum Gasteiger partial charge on any atom is -0.481 e. The Balaban J connectivity index is 2.52. The van der Waals surface area contributed by atoms with Gasteiger partial charge in [0.25, 0.3) is 0 Å². The van der Waals surface area contributed by atoms with E-state index in [0.29, 0.717) is 19.4 Å². The van der Waals surface area contributed by atoms with E-state index in [1.165, 1.54) is 0 Å². The maximum atomic E-state index is 11.8. The monoisotopic (exact) mass is 243 g/mol. The molecule has 0 aliphatic heterocycles. The molecule has 2 unspecified atom stereocenters. The molecule has 1 aliphatic rings. The summed E-state index contributed by atoms with van der Waals surface area (Å²) in [6.45, 7) is 0.604. The highest BCUT2D eigenvalue weighted by Crippen LogP contribution is 2.25. The molecule has 16 heavy (non-hydrogen) atoms. The molecule has 1 aliphatic carbocycles. The SMILES string of the molecule is CSCCNC(=O)C1CC=CCC1C(=O)O. The first-order valence-electron chi connectivity index (χ1n) is 5.31. The molecule has 0 heterocycles. The number of hydrogen-bond acceptors (Lipinski definition) is 3. The van der Waals surface area contributed by atoms with Gasteiger partial charge < -0.3 is 10.4 Å². The molecular weight excluding hydrogens is 226 g/mol. The lowest BCUT2D eigenvalue weighted by molar-refractivity contribution is -0.147. The molecule has 1 rings (SSSR count). The predicted molar refractivity (Wildman–Crippen MR) is 64.4 cm³/mol. The number of amides is 1. The lowest BCUT2D eigenvalue weighted by atomic mass is 9.82. The second kappa shape index (κ2) is 6.58. The van der Waals surface area contributed by atoms with Gasteiger partial charge in [0.1, 0.15) is 0 Å². The Labute approximate surface area is 99.5 Å². The van der Waals surface area contributed by atoms with E-state index in [-0.39, 0.29) is 5.91 Å². The van der Waals surface area contributed by atoms with Crippen molar-refractivity contribution in [2.45, 2.75) is 12.8 Å². The summed E-state index contributed by atoms with van der Waals surface area (Å²) < 4.78 is 0. The predicted octanol–water partition coefficient (Wildman–Crippen LogP) is 1.13. The van der Waals surface area contributed by atoms with Gasteiger partial charge in [-0.05, 0) is 19.1 Å². The van der Waals surface area contributed by atoms with Crippen molar-refractivity contribution in [1.82, 2.24) is 5.32 Å². The summed E-state index contributed by atoms with van der Waals surface area (Å²) >= 11 is 1.65. The van der Waals surface area contributed by atoms with E-state index in [2.05, 4.69) is 5.32 Å². The van der Waals surface area contributed by atoms with Crippen molar-refractivity contribution in [3.63, 3.8) is 0 Å². The molecule has 0 aromatic heterocycles. The summed E-state index contributed by atoms with van der Waals surface area (Å²) in [5.74, 6) is -1.14. The first-order chi connectivity index (χ1) is 7.66. The van der Waals surface area contributed by atoms with Gasteiger partial charge in [-0.25, -0.2) is 0 Å². The van der Waals surface area contributed by atoms with Gasteiger partial charge >= 0.3 is 5.97 Å². The first-order valence-corrected chi connectivity index (χ1v) is 6.70. The first kappa shape index (κ1) is 13.1. The Bertz CT molecular complexity index is 291. The molecule has 0 aromatic rings. The Kier molecular flexibility index (Phi) is 5.38. The summed E-state index contributed by atoms with van der Waals surface area (Å²) in [5, 5.41) is 11.8. The molecule has 0 aromatic carbocycles. The third-order valence-corrected chi connectivity index (χ3v) is 3.30. The molecule has 4 nitrogen and oxygen atoms in total. The fraction of sp³-hybridized carbons (Fsp3) is 0.636. The number of carbonyl (C=O) groups excluding carboxylic acids is 1. The highest BCUT2D eigenvalue weighted by atomic mass is 32.2. The number of carboxylic acids is 1. The van der Waals surface area contributed by atoms with E-state index in [4.69, 9.17) is 5.11 Å². The molecule has 1 amide bonds. The van der Waals surface area contributed by atoms with Crippen molar-refractivity contribution in [3.8, 4) is 0 Å². The summed E-state index contributed by atoms with van der Waals surface area (Å²) in [7, 11) is 0. The van der Waals surface area contributed by atoms with E-state index in [1.54, 1.807) is 11.8 Å². The third kappa shape index (κ3) is 3.56. The van der Waals surface area contributed by atoms with Crippen LogP contribution in [-0.2, 0) is 9.59 Å². The zero-order valence-electron chi connectivity index (χ0n) is 9.31. The van der Waals surface area contributed by atoms with Gasteiger partial charge in [0, 0.05) is 12.3 Å². The molecule has 0 saturated heterocycles. The van der Waals surface area contributed by atoms with Gasteiger partial charge in [-0.15, -0.1) is 0 Å². The van der Waals surface area contributed by atoms with Gasteiger partial charge in [-0.2, -0.15) is 11.8 Å². The normalized spacial score (nSPS) is 24.1. The fourth-order valence-corrected chi connectivity index (χ4v) is 2.09. The topological polar surface area (TPSA) is 66.4 Å². The van der Waals surface area contributed by atoms with E-state index >= 15 is 0 Å². The minimum atomic E-state index is -0.880. The zero-order chi connectivity index (χ0) is 12.0. The lowest BCUT2D eigenvalue weighted by Crippen LogP contribution is -2.39. The number of nitrogens with one attached hydrogen (secondary N) is 1. The van der Waals surface area contributed by atoms with Gasteiger partial charge in [-0.1, -0.05) is 12.2 Å². The fourth-order valence-electron chi connectivity index (χ4n) is 1.78. The summed E-state index contributed by atoms with van der Waals surface area (Å²) in [5.41, 5.74) is 0. The van der Waals surface area contributed by atoms with Crippen molar-refractivity contribution in [3.05, 3.63) is 12.2 Å². The van der Waals surface area contributed by atoms with Crippen LogP contribution in [-0.4, -0.2) is 35.5 Å². The minimum absolute atomic E-state index is 0.134. The standard InChI is InChI=1S/C11H17NO3S/c1-16-7-6-12-10(13)8-4-2-3-5-9(8)11(14)15/h2-3,8-9H,4-7H2,1H3,(H,12,13)(H,14,15). The van der Waals surface area contributed by atoms with Crippen molar-refractivity contribution in [1.29, 1.82) is 0 Å². The van der Waals surface area contributed by atoms with Crippen molar-refractivity contribution >= 4 is 23.6 Å². The third-order valence-electron chi connectivity index (χ3n) is 2.69. The van der Waals surface area contributed by atoms with Gasteiger partial charge in [-0.3, -0.25) is 9.59 Å². The van der Waals surface area contributed by atoms with Crippen LogP contribution in [0, 0.1) is 11.8 Å². The molecular formula is C11H17NO3S. The summed E-state index contributed by atoms with van der Waals surface area (Å²) in [6.07, 6.45) is 6.68. The Morgan fingerprint density at radius 3 is 2.56 bits per heavy atom. The maximum absolute atomic E-state index is 11.8. The highest BCUT2D eigenvalue weighted by Gasteiger charge is 2.33. The number of aliphatic carboxylic acids is 1. The van der Waals surface area contributed by atoms with Crippen LogP contribution < -0.4 is 5.32 Å². The lowest BCUT2D eigenvalue weighted by Gasteiger charge is -2.24. The van der Waals surface area contributed by atoms with Gasteiger partial charge in [0.15, 0.2) is 0 Å². The van der Waals surface area contributed by atoms with Crippen molar-refractivity contribution in [2.24, 2.45) is 11.8 Å². The van der Waals surface area contributed by atoms with Crippen LogP contribution in [0.1, 0.15) is 12.8 Å². The van der Waals surface area contributed by atoms with Gasteiger partial charge in [0.2, 0.25) is 5.91 Å². The summed E-state index contributed by atoms with van der Waals surface area (Å²) in [4.78, 5) is 22.8. The average molecular weight is 243 g/mol. The summed E-state index contributed by atoms with van der Waals surface area (Å²) in [6, 6.07) is 0. The van der Waals surface area contributed by atoms with E-state index in [1.807, 2.05) is 18.4 Å². The molecule has 0 bridgehead atoms. The number of carbonyl (C=O) groups is 2. The van der Waals surface area contributed by atoms with Crippen LogP contribution in [0.4, 0.5) is 0 Å². The van der Waals surface area contributed by atoms with Crippen molar-refractivity contribution < 1.29 is 14.7 Å². The van der Waals surface area contributed by atoms with Crippen LogP contribution in [0.3, 0.4) is 0 Å². The molecule has 2 atom stereocenters. The van der Waals surface area contributed by atoms with Crippen molar-refractivity contribution in [2.75, 3.05) is 18.6 Å². The molecule has 0 radical (unpaired) electrons. The van der Waals surface area contributed by atoms with Gasteiger partial charge in [0.05, 0.1) is 11.8 Å². The smallest absolute Gasteiger partial charge is 0.307 e. The zero-order valence-corrected chi connectivity index (χ0v) is 10.1. The maximum Gasteiger partial charge on any atom is 0.307 e. The Morgan fingerprint density at radius 2 is 2.00 bits per heavy atom. The van der Waals surface area contributed by atoms with E-state index in [9.17, 15) is 9.59 Å². The highest BCUT2D eigenvalue weighted by molar-refractivity contribution is 7.98. The number of carboxylic acid groups (broad SMARTS) is 1.